The number of halogens is 2. The highest BCUT2D eigenvalue weighted by atomic mass is 35.5. The van der Waals surface area contributed by atoms with Gasteiger partial charge in [-0.05, 0) is 55.5 Å². The Morgan fingerprint density at radius 2 is 1.86 bits per heavy atom. The third-order valence-corrected chi connectivity index (χ3v) is 8.79. The Kier molecular flexibility index (Phi) is 8.19. The summed E-state index contributed by atoms with van der Waals surface area (Å²) in [5.41, 5.74) is 1.10. The quantitative estimate of drug-likeness (QED) is 0.533. The smallest absolute Gasteiger partial charge is 0.404 e. The van der Waals surface area contributed by atoms with Gasteiger partial charge in [-0.15, -0.1) is 0 Å². The Bertz CT molecular complexity index is 1110. The lowest BCUT2D eigenvalue weighted by molar-refractivity contribution is -0.120. The molecule has 8 nitrogen and oxygen atoms in total. The molecule has 3 saturated heterocycles. The van der Waals surface area contributed by atoms with Crippen molar-refractivity contribution in [3.05, 3.63) is 58.2 Å². The molecule has 4 heterocycles. The lowest BCUT2D eigenvalue weighted by Crippen LogP contribution is -2.62. The van der Waals surface area contributed by atoms with Gasteiger partial charge in [0.25, 0.3) is 0 Å². The van der Waals surface area contributed by atoms with E-state index in [0.29, 0.717) is 28.3 Å². The first kappa shape index (κ1) is 26.2. The summed E-state index contributed by atoms with van der Waals surface area (Å²) in [6, 6.07) is 12.1. The molecule has 3 fully saturated rings. The van der Waals surface area contributed by atoms with Crippen molar-refractivity contribution in [3.8, 4) is 0 Å². The van der Waals surface area contributed by atoms with E-state index in [-0.39, 0.29) is 23.9 Å². The van der Waals surface area contributed by atoms with Gasteiger partial charge in [-0.1, -0.05) is 35.3 Å². The average molecular weight is 546 g/mol. The maximum Gasteiger partial charge on any atom is 0.404 e. The second kappa shape index (κ2) is 11.6. The standard InChI is InChI=1S/C27H33Cl2N5O3/c28-22-6-4-18(15-23(22)29)21-5-7-26(35)34(25-3-1-2-11-30-25)24(21)10-12-32-16-20(17-32)33-13-8-19(9-14-33)31-27(36)37/h1-4,6,11,15,19-21,24,31H,5,7-10,12-14,16-17H2,(H,36,37)/t21-,24?/m0/s1. The Morgan fingerprint density at radius 3 is 2.54 bits per heavy atom. The molecular formula is C27H33Cl2N5O3. The van der Waals surface area contributed by atoms with Gasteiger partial charge >= 0.3 is 6.09 Å². The van der Waals surface area contributed by atoms with Crippen LogP contribution in [-0.4, -0.2) is 82.7 Å². The van der Waals surface area contributed by atoms with Crippen molar-refractivity contribution in [2.24, 2.45) is 0 Å². The number of rotatable bonds is 7. The van der Waals surface area contributed by atoms with E-state index in [0.717, 1.165) is 64.0 Å². The number of nitrogens with one attached hydrogen (secondary N) is 1. The molecule has 2 aromatic rings. The first-order valence-corrected chi connectivity index (χ1v) is 13.8. The van der Waals surface area contributed by atoms with Crippen molar-refractivity contribution in [2.45, 2.75) is 56.1 Å². The molecule has 3 aliphatic heterocycles. The topological polar surface area (TPSA) is 89.0 Å². The Balaban J connectivity index is 1.24. The van der Waals surface area contributed by atoms with Crippen molar-refractivity contribution in [1.82, 2.24) is 20.1 Å². The van der Waals surface area contributed by atoms with Crippen molar-refractivity contribution >= 4 is 41.0 Å². The summed E-state index contributed by atoms with van der Waals surface area (Å²) in [4.78, 5) is 35.4. The number of benzene rings is 1. The van der Waals surface area contributed by atoms with Gasteiger partial charge in [-0.3, -0.25) is 14.6 Å². The molecule has 3 aliphatic rings. The fourth-order valence-electron chi connectivity index (χ4n) is 6.07. The van der Waals surface area contributed by atoms with E-state index in [1.807, 2.05) is 41.3 Å². The zero-order valence-electron chi connectivity index (χ0n) is 20.7. The minimum absolute atomic E-state index is 0.0229. The number of carbonyl (C=O) groups excluding carboxylic acids is 1. The number of amides is 2. The van der Waals surface area contributed by atoms with Crippen molar-refractivity contribution in [2.75, 3.05) is 37.6 Å². The SMILES string of the molecule is O=C(O)NC1CCN(C2CN(CCC3[C@H](c4ccc(Cl)c(Cl)c4)CCC(=O)N3c3ccccn3)C2)CC1. The zero-order valence-corrected chi connectivity index (χ0v) is 22.2. The molecule has 0 saturated carbocycles. The number of likely N-dealkylation sites (tertiary alicyclic amines) is 2. The lowest BCUT2D eigenvalue weighted by Gasteiger charge is -2.49. The van der Waals surface area contributed by atoms with E-state index in [1.54, 1.807) is 6.20 Å². The van der Waals surface area contributed by atoms with Gasteiger partial charge in [-0.2, -0.15) is 0 Å². The monoisotopic (exact) mass is 545 g/mol. The summed E-state index contributed by atoms with van der Waals surface area (Å²) in [6.07, 6.45) is 4.59. The van der Waals surface area contributed by atoms with E-state index >= 15 is 0 Å². The van der Waals surface area contributed by atoms with Crippen LogP contribution in [0.25, 0.3) is 0 Å². The van der Waals surface area contributed by atoms with Crippen LogP contribution in [0, 0.1) is 0 Å². The Morgan fingerprint density at radius 1 is 1.08 bits per heavy atom. The molecule has 0 spiro atoms. The Hall–Kier alpha value is -2.39. The van der Waals surface area contributed by atoms with Crippen LogP contribution in [0.4, 0.5) is 10.6 Å². The van der Waals surface area contributed by atoms with Gasteiger partial charge in [0.2, 0.25) is 5.91 Å². The van der Waals surface area contributed by atoms with E-state index in [2.05, 4.69) is 20.1 Å². The molecule has 1 unspecified atom stereocenters. The van der Waals surface area contributed by atoms with E-state index in [1.165, 1.54) is 0 Å². The molecule has 5 rings (SSSR count). The van der Waals surface area contributed by atoms with E-state index in [9.17, 15) is 9.59 Å². The van der Waals surface area contributed by atoms with Crippen LogP contribution in [0.1, 0.15) is 43.6 Å². The highest BCUT2D eigenvalue weighted by molar-refractivity contribution is 6.42. The molecule has 0 aliphatic carbocycles. The predicted octanol–water partition coefficient (Wildman–Crippen LogP) is 4.47. The summed E-state index contributed by atoms with van der Waals surface area (Å²) in [6.45, 7) is 4.74. The molecule has 2 amide bonds. The fourth-order valence-corrected chi connectivity index (χ4v) is 6.37. The first-order valence-electron chi connectivity index (χ1n) is 13.0. The highest BCUT2D eigenvalue weighted by Gasteiger charge is 2.40. The van der Waals surface area contributed by atoms with E-state index in [4.69, 9.17) is 28.3 Å². The minimum Gasteiger partial charge on any atom is -0.465 e. The molecule has 198 valence electrons. The van der Waals surface area contributed by atoms with Gasteiger partial charge in [-0.25, -0.2) is 9.78 Å². The lowest BCUT2D eigenvalue weighted by atomic mass is 9.81. The third-order valence-electron chi connectivity index (χ3n) is 8.05. The molecule has 1 aromatic heterocycles. The maximum atomic E-state index is 13.2. The Labute approximate surface area is 227 Å². The molecule has 1 aromatic carbocycles. The number of piperidine rings is 2. The van der Waals surface area contributed by atoms with Gasteiger partial charge in [0.05, 0.1) is 10.0 Å². The summed E-state index contributed by atoms with van der Waals surface area (Å²) in [5, 5.41) is 12.6. The molecule has 37 heavy (non-hydrogen) atoms. The average Bonchev–Trinajstić information content (AvgIpc) is 2.86. The van der Waals surface area contributed by atoms with Crippen molar-refractivity contribution < 1.29 is 14.7 Å². The number of anilines is 1. The molecule has 2 atom stereocenters. The molecule has 0 bridgehead atoms. The van der Waals surface area contributed by atoms with Gasteiger partial charge in [0, 0.05) is 69.4 Å². The second-order valence-electron chi connectivity index (χ2n) is 10.3. The highest BCUT2D eigenvalue weighted by Crippen LogP contribution is 2.39. The fraction of sp³-hybridized carbons (Fsp3) is 0.519. The van der Waals surface area contributed by atoms with Crippen molar-refractivity contribution in [3.63, 3.8) is 0 Å². The first-order chi connectivity index (χ1) is 17.9. The van der Waals surface area contributed by atoms with Gasteiger partial charge in [0.15, 0.2) is 0 Å². The van der Waals surface area contributed by atoms with Crippen LogP contribution >= 0.6 is 23.2 Å². The molecular weight excluding hydrogens is 513 g/mol. The minimum atomic E-state index is -0.937. The zero-order chi connectivity index (χ0) is 25.9. The van der Waals surface area contributed by atoms with Crippen molar-refractivity contribution in [1.29, 1.82) is 0 Å². The summed E-state index contributed by atoms with van der Waals surface area (Å²) >= 11 is 12.6. The molecule has 10 heteroatoms. The van der Waals surface area contributed by atoms with Crippen LogP contribution < -0.4 is 10.2 Å². The van der Waals surface area contributed by atoms with Crippen LogP contribution in [0.2, 0.25) is 10.0 Å². The number of aromatic nitrogens is 1. The number of hydrogen-bond acceptors (Lipinski definition) is 5. The normalized spacial score (nSPS) is 24.2. The van der Waals surface area contributed by atoms with Gasteiger partial charge in [0.1, 0.15) is 5.82 Å². The largest absolute Gasteiger partial charge is 0.465 e. The van der Waals surface area contributed by atoms with Crippen LogP contribution in [0.5, 0.6) is 0 Å². The number of carboxylic acid groups (broad SMARTS) is 1. The predicted molar refractivity (Wildman–Crippen MR) is 145 cm³/mol. The number of carbonyl (C=O) groups is 2. The summed E-state index contributed by atoms with van der Waals surface area (Å²) < 4.78 is 0. The number of nitrogens with zero attached hydrogens (tertiary/aromatic N) is 4. The van der Waals surface area contributed by atoms with Crippen LogP contribution in [-0.2, 0) is 4.79 Å². The molecule has 0 radical (unpaired) electrons. The maximum absolute atomic E-state index is 13.2. The molecule has 2 N–H and O–H groups in total. The summed E-state index contributed by atoms with van der Waals surface area (Å²) in [7, 11) is 0. The summed E-state index contributed by atoms with van der Waals surface area (Å²) in [5.74, 6) is 0.952. The van der Waals surface area contributed by atoms with Gasteiger partial charge < -0.3 is 15.3 Å². The van der Waals surface area contributed by atoms with E-state index < -0.39 is 6.09 Å². The second-order valence-corrected chi connectivity index (χ2v) is 11.1. The third kappa shape index (κ3) is 6.03. The van der Waals surface area contributed by atoms with Crippen LogP contribution in [0.3, 0.4) is 0 Å². The van der Waals surface area contributed by atoms with Crippen LogP contribution in [0.15, 0.2) is 42.6 Å². The number of pyridine rings is 1. The number of hydrogen-bond donors (Lipinski definition) is 2.